The quantitative estimate of drug-likeness (QED) is 0.491. The lowest BCUT2D eigenvalue weighted by Crippen LogP contribution is -2.33. The summed E-state index contributed by atoms with van der Waals surface area (Å²) < 4.78 is 4.37. The summed E-state index contributed by atoms with van der Waals surface area (Å²) in [6, 6.07) is 27.5. The molecule has 0 bridgehead atoms. The van der Waals surface area contributed by atoms with E-state index in [4.69, 9.17) is 0 Å². The third kappa shape index (κ3) is 3.55. The number of benzene rings is 2. The molecular weight excluding hydrogens is 316 g/mol. The molecule has 2 aromatic heterocycles. The molecule has 2 nitrogen and oxygen atoms in total. The standard InChI is InChI=1S/C24H22N2/c1-20-18-26(23-10-6-3-7-11-23)17-14-24(20)22-12-15-25(16-13-22)19-21-8-4-2-5-9-21/h2-18H,19H2,1H3/q+2. The van der Waals surface area contributed by atoms with Crippen LogP contribution in [-0.4, -0.2) is 0 Å². The lowest BCUT2D eigenvalue weighted by atomic mass is 10.0. The van der Waals surface area contributed by atoms with Crippen molar-refractivity contribution in [3.8, 4) is 16.8 Å². The molecule has 0 fully saturated rings. The smallest absolute Gasteiger partial charge is 0.201 e. The van der Waals surface area contributed by atoms with Crippen molar-refractivity contribution in [3.63, 3.8) is 0 Å². The van der Waals surface area contributed by atoms with Crippen LogP contribution in [0.5, 0.6) is 0 Å². The molecule has 4 aromatic rings. The van der Waals surface area contributed by atoms with Crippen molar-refractivity contribution < 1.29 is 9.13 Å². The summed E-state index contributed by atoms with van der Waals surface area (Å²) in [5.74, 6) is 0. The van der Waals surface area contributed by atoms with Crippen LogP contribution in [0.1, 0.15) is 11.1 Å². The molecule has 126 valence electrons. The summed E-state index contributed by atoms with van der Waals surface area (Å²) in [4.78, 5) is 0. The zero-order chi connectivity index (χ0) is 17.8. The molecule has 0 aliphatic heterocycles. The van der Waals surface area contributed by atoms with Crippen molar-refractivity contribution in [1.82, 2.24) is 0 Å². The Balaban J connectivity index is 1.58. The molecule has 2 heteroatoms. The van der Waals surface area contributed by atoms with E-state index in [1.807, 2.05) is 6.07 Å². The SMILES string of the molecule is Cc1c[n+](-c2ccccc2)ccc1-c1cc[n+](Cc2ccccc2)cc1. The Morgan fingerprint density at radius 3 is 2.00 bits per heavy atom. The number of hydrogen-bond acceptors (Lipinski definition) is 0. The fraction of sp³-hybridized carbons (Fsp3) is 0.0833. The summed E-state index contributed by atoms with van der Waals surface area (Å²) in [5, 5.41) is 0. The Morgan fingerprint density at radius 2 is 1.35 bits per heavy atom. The van der Waals surface area contributed by atoms with Crippen LogP contribution >= 0.6 is 0 Å². The van der Waals surface area contributed by atoms with Crippen LogP contribution in [0.25, 0.3) is 16.8 Å². The number of aryl methyl sites for hydroxylation is 1. The number of para-hydroxylation sites is 1. The van der Waals surface area contributed by atoms with E-state index in [1.54, 1.807) is 0 Å². The Morgan fingerprint density at radius 1 is 0.692 bits per heavy atom. The van der Waals surface area contributed by atoms with E-state index >= 15 is 0 Å². The highest BCUT2D eigenvalue weighted by Gasteiger charge is 2.11. The highest BCUT2D eigenvalue weighted by Crippen LogP contribution is 2.21. The third-order valence-electron chi connectivity index (χ3n) is 4.62. The van der Waals surface area contributed by atoms with Gasteiger partial charge in [0, 0.05) is 41.5 Å². The molecule has 26 heavy (non-hydrogen) atoms. The van der Waals surface area contributed by atoms with E-state index in [1.165, 1.54) is 27.9 Å². The van der Waals surface area contributed by atoms with Crippen LogP contribution in [0.3, 0.4) is 0 Å². The third-order valence-corrected chi connectivity index (χ3v) is 4.62. The van der Waals surface area contributed by atoms with Gasteiger partial charge in [-0.2, -0.15) is 4.57 Å². The van der Waals surface area contributed by atoms with Crippen LogP contribution in [-0.2, 0) is 6.54 Å². The number of rotatable bonds is 4. The fourth-order valence-corrected chi connectivity index (χ4v) is 3.23. The Kier molecular flexibility index (Phi) is 4.57. The minimum Gasteiger partial charge on any atom is -0.201 e. The predicted octanol–water partition coefficient (Wildman–Crippen LogP) is 4.27. The lowest BCUT2D eigenvalue weighted by Gasteiger charge is -2.05. The first-order valence-corrected chi connectivity index (χ1v) is 8.90. The van der Waals surface area contributed by atoms with Gasteiger partial charge < -0.3 is 0 Å². The molecule has 0 unspecified atom stereocenters. The first kappa shape index (κ1) is 16.2. The molecule has 2 aromatic carbocycles. The minimum absolute atomic E-state index is 0.892. The maximum absolute atomic E-state index is 2.21. The monoisotopic (exact) mass is 338 g/mol. The van der Waals surface area contributed by atoms with Gasteiger partial charge in [0.1, 0.15) is 0 Å². The fourth-order valence-electron chi connectivity index (χ4n) is 3.23. The Hall–Kier alpha value is -3.26. The van der Waals surface area contributed by atoms with Gasteiger partial charge >= 0.3 is 0 Å². The van der Waals surface area contributed by atoms with Gasteiger partial charge in [0.15, 0.2) is 31.3 Å². The average molecular weight is 338 g/mol. The normalized spacial score (nSPS) is 10.7. The van der Waals surface area contributed by atoms with Gasteiger partial charge in [0.25, 0.3) is 0 Å². The van der Waals surface area contributed by atoms with Gasteiger partial charge in [-0.25, -0.2) is 4.57 Å². The van der Waals surface area contributed by atoms with E-state index < -0.39 is 0 Å². The lowest BCUT2D eigenvalue weighted by molar-refractivity contribution is -0.688. The van der Waals surface area contributed by atoms with Crippen LogP contribution in [0.4, 0.5) is 0 Å². The van der Waals surface area contributed by atoms with Crippen molar-refractivity contribution in [2.75, 3.05) is 0 Å². The summed E-state index contributed by atoms with van der Waals surface area (Å²) in [5.41, 5.74) is 6.26. The number of pyridine rings is 2. The van der Waals surface area contributed by atoms with Crippen molar-refractivity contribution in [1.29, 1.82) is 0 Å². The van der Waals surface area contributed by atoms with E-state index in [-0.39, 0.29) is 0 Å². The molecule has 0 amide bonds. The highest BCUT2D eigenvalue weighted by atomic mass is 14.9. The van der Waals surface area contributed by atoms with Gasteiger partial charge in [-0.1, -0.05) is 48.5 Å². The second kappa shape index (κ2) is 7.32. The summed E-state index contributed by atoms with van der Waals surface area (Å²) in [6.07, 6.45) is 8.62. The molecule has 0 aliphatic rings. The second-order valence-corrected chi connectivity index (χ2v) is 6.53. The Bertz CT molecular complexity index is 991. The number of nitrogens with zero attached hydrogens (tertiary/aromatic N) is 2. The summed E-state index contributed by atoms with van der Waals surface area (Å²) >= 11 is 0. The van der Waals surface area contributed by atoms with Gasteiger partial charge in [-0.15, -0.1) is 0 Å². The van der Waals surface area contributed by atoms with Gasteiger partial charge in [0.05, 0.1) is 0 Å². The van der Waals surface area contributed by atoms with Gasteiger partial charge in [0.2, 0.25) is 5.69 Å². The molecule has 0 atom stereocenters. The molecule has 0 spiro atoms. The van der Waals surface area contributed by atoms with Crippen LogP contribution in [0.2, 0.25) is 0 Å². The first-order valence-electron chi connectivity index (χ1n) is 8.90. The minimum atomic E-state index is 0.892. The maximum atomic E-state index is 2.21. The van der Waals surface area contributed by atoms with Gasteiger partial charge in [-0.3, -0.25) is 0 Å². The topological polar surface area (TPSA) is 7.76 Å². The molecule has 0 radical (unpaired) electrons. The second-order valence-electron chi connectivity index (χ2n) is 6.53. The summed E-state index contributed by atoms with van der Waals surface area (Å²) in [7, 11) is 0. The zero-order valence-electron chi connectivity index (χ0n) is 14.9. The molecule has 4 rings (SSSR count). The van der Waals surface area contributed by atoms with E-state index in [0.717, 1.165) is 6.54 Å². The Labute approximate surface area is 154 Å². The predicted molar refractivity (Wildman–Crippen MR) is 104 cm³/mol. The number of aromatic nitrogens is 2. The van der Waals surface area contributed by atoms with Crippen LogP contribution in [0, 0.1) is 6.92 Å². The van der Waals surface area contributed by atoms with E-state index in [0.29, 0.717) is 0 Å². The van der Waals surface area contributed by atoms with Crippen molar-refractivity contribution in [3.05, 3.63) is 115 Å². The molecule has 0 saturated heterocycles. The van der Waals surface area contributed by atoms with Crippen molar-refractivity contribution in [2.45, 2.75) is 13.5 Å². The van der Waals surface area contributed by atoms with Crippen LogP contribution < -0.4 is 9.13 Å². The molecule has 0 aliphatic carbocycles. The molecule has 0 saturated carbocycles. The average Bonchev–Trinajstić information content (AvgIpc) is 2.70. The first-order chi connectivity index (χ1) is 12.8. The zero-order valence-corrected chi connectivity index (χ0v) is 14.9. The highest BCUT2D eigenvalue weighted by molar-refractivity contribution is 5.65. The van der Waals surface area contributed by atoms with Crippen molar-refractivity contribution in [2.24, 2.45) is 0 Å². The van der Waals surface area contributed by atoms with Crippen molar-refractivity contribution >= 4 is 0 Å². The van der Waals surface area contributed by atoms with Gasteiger partial charge in [-0.05, 0) is 18.1 Å². The van der Waals surface area contributed by atoms with E-state index in [2.05, 4.69) is 114 Å². The van der Waals surface area contributed by atoms with Crippen LogP contribution in [0.15, 0.2) is 104 Å². The molecule has 0 N–H and O–H groups in total. The maximum Gasteiger partial charge on any atom is 0.210 e. The molecular formula is C24H22N2+2. The number of hydrogen-bond donors (Lipinski definition) is 0. The largest absolute Gasteiger partial charge is 0.210 e. The molecule has 2 heterocycles. The van der Waals surface area contributed by atoms with E-state index in [9.17, 15) is 0 Å². The summed E-state index contributed by atoms with van der Waals surface area (Å²) in [6.45, 7) is 3.06.